The molecule has 0 saturated carbocycles. The van der Waals surface area contributed by atoms with Crippen molar-refractivity contribution in [2.75, 3.05) is 11.9 Å². The van der Waals surface area contributed by atoms with Crippen molar-refractivity contribution in [3.63, 3.8) is 0 Å². The maximum Gasteiger partial charge on any atom is 0.138 e. The number of nitriles is 1. The Hall–Kier alpha value is -3.00. The number of rotatable bonds is 3. The zero-order valence-corrected chi connectivity index (χ0v) is 13.8. The molecule has 0 bridgehead atoms. The molecule has 25 heavy (non-hydrogen) atoms. The molecule has 1 aromatic carbocycles. The second-order valence-corrected chi connectivity index (χ2v) is 6.35. The van der Waals surface area contributed by atoms with Crippen LogP contribution >= 0.6 is 0 Å². The summed E-state index contributed by atoms with van der Waals surface area (Å²) in [6.45, 7) is 0.738. The van der Waals surface area contributed by atoms with Crippen LogP contribution in [0.15, 0.2) is 53.6 Å². The Kier molecular flexibility index (Phi) is 4.26. The van der Waals surface area contributed by atoms with Crippen LogP contribution < -0.4 is 5.32 Å². The number of para-hydroxylation sites is 1. The number of aliphatic imine (C=N–C) groups is 1. The second-order valence-electron chi connectivity index (χ2n) is 6.35. The van der Waals surface area contributed by atoms with Gasteiger partial charge in [-0.25, -0.2) is 9.97 Å². The van der Waals surface area contributed by atoms with Gasteiger partial charge in [-0.1, -0.05) is 36.4 Å². The van der Waals surface area contributed by atoms with Crippen LogP contribution in [0.3, 0.4) is 0 Å². The summed E-state index contributed by atoms with van der Waals surface area (Å²) in [5.41, 5.74) is 0.927. The lowest BCUT2D eigenvalue weighted by atomic mass is 9.96. The molecule has 0 fully saturated rings. The minimum Gasteiger partial charge on any atom is -0.365 e. The average molecular weight is 329 g/mol. The van der Waals surface area contributed by atoms with E-state index < -0.39 is 0 Å². The van der Waals surface area contributed by atoms with E-state index in [0.717, 1.165) is 41.9 Å². The molecule has 2 aromatic rings. The fourth-order valence-corrected chi connectivity index (χ4v) is 3.29. The summed E-state index contributed by atoms with van der Waals surface area (Å²) < 4.78 is 0. The van der Waals surface area contributed by atoms with Gasteiger partial charge in [0.1, 0.15) is 17.6 Å². The van der Waals surface area contributed by atoms with Crippen LogP contribution in [-0.4, -0.2) is 28.8 Å². The SMILES string of the molecule is N#CC1C=NCCC1Nc1nc(C2C=CC=CC2)nc2ccccc12. The van der Waals surface area contributed by atoms with E-state index in [1.54, 1.807) is 6.21 Å². The maximum atomic E-state index is 9.38. The first kappa shape index (κ1) is 15.5. The molecule has 1 aliphatic heterocycles. The summed E-state index contributed by atoms with van der Waals surface area (Å²) in [4.78, 5) is 13.8. The van der Waals surface area contributed by atoms with Crippen LogP contribution in [-0.2, 0) is 0 Å². The number of allylic oxidation sites excluding steroid dienone is 4. The fraction of sp³-hybridized carbons (Fsp3) is 0.300. The van der Waals surface area contributed by atoms with Gasteiger partial charge in [-0.15, -0.1) is 0 Å². The van der Waals surface area contributed by atoms with E-state index in [0.29, 0.717) is 0 Å². The van der Waals surface area contributed by atoms with Crippen molar-refractivity contribution in [3.8, 4) is 6.07 Å². The molecule has 3 atom stereocenters. The molecule has 2 heterocycles. The number of aromatic nitrogens is 2. The minimum atomic E-state index is -0.233. The minimum absolute atomic E-state index is 0.0236. The summed E-state index contributed by atoms with van der Waals surface area (Å²) in [5.74, 6) is 1.59. The van der Waals surface area contributed by atoms with Crippen LogP contribution in [0, 0.1) is 17.2 Å². The summed E-state index contributed by atoms with van der Waals surface area (Å²) in [6, 6.07) is 10.4. The summed E-state index contributed by atoms with van der Waals surface area (Å²) in [5, 5.41) is 13.9. The number of hydrogen-bond donors (Lipinski definition) is 1. The van der Waals surface area contributed by atoms with Crippen molar-refractivity contribution in [1.29, 1.82) is 5.26 Å². The Morgan fingerprint density at radius 2 is 2.08 bits per heavy atom. The second kappa shape index (κ2) is 6.86. The third-order valence-corrected chi connectivity index (χ3v) is 4.67. The van der Waals surface area contributed by atoms with E-state index in [2.05, 4.69) is 34.6 Å². The molecule has 4 rings (SSSR count). The number of hydrogen-bond acceptors (Lipinski definition) is 5. The molecular weight excluding hydrogens is 310 g/mol. The molecule has 1 N–H and O–H groups in total. The highest BCUT2D eigenvalue weighted by molar-refractivity contribution is 5.89. The Labute approximate surface area is 146 Å². The molecule has 5 nitrogen and oxygen atoms in total. The molecule has 3 unspecified atom stereocenters. The Morgan fingerprint density at radius 1 is 1.16 bits per heavy atom. The Morgan fingerprint density at radius 3 is 2.92 bits per heavy atom. The molecule has 1 aromatic heterocycles. The van der Waals surface area contributed by atoms with E-state index in [1.807, 2.05) is 30.3 Å². The molecule has 0 saturated heterocycles. The number of nitrogens with zero attached hydrogens (tertiary/aromatic N) is 4. The molecule has 2 aliphatic rings. The van der Waals surface area contributed by atoms with Crippen LogP contribution in [0.25, 0.3) is 10.9 Å². The maximum absolute atomic E-state index is 9.38. The number of nitrogens with one attached hydrogen (secondary N) is 1. The van der Waals surface area contributed by atoms with Crippen LogP contribution in [0.2, 0.25) is 0 Å². The van der Waals surface area contributed by atoms with E-state index >= 15 is 0 Å². The first-order valence-corrected chi connectivity index (χ1v) is 8.61. The van der Waals surface area contributed by atoms with Crippen LogP contribution in [0.4, 0.5) is 5.82 Å². The van der Waals surface area contributed by atoms with Gasteiger partial charge in [0, 0.05) is 24.1 Å². The predicted octanol–water partition coefficient (Wildman–Crippen LogP) is 3.62. The van der Waals surface area contributed by atoms with Gasteiger partial charge in [-0.3, -0.25) is 4.99 Å². The van der Waals surface area contributed by atoms with E-state index in [4.69, 9.17) is 9.97 Å². The largest absolute Gasteiger partial charge is 0.365 e. The van der Waals surface area contributed by atoms with E-state index in [1.165, 1.54) is 0 Å². The van der Waals surface area contributed by atoms with Gasteiger partial charge in [0.05, 0.1) is 17.6 Å². The van der Waals surface area contributed by atoms with Crippen molar-refractivity contribution in [1.82, 2.24) is 9.97 Å². The smallest absolute Gasteiger partial charge is 0.138 e. The Bertz CT molecular complexity index is 906. The number of fused-ring (bicyclic) bond motifs is 1. The van der Waals surface area contributed by atoms with E-state index in [9.17, 15) is 5.26 Å². The molecule has 124 valence electrons. The zero-order chi connectivity index (χ0) is 17.1. The highest BCUT2D eigenvalue weighted by atomic mass is 15.1. The number of benzene rings is 1. The molecule has 1 aliphatic carbocycles. The standard InChI is InChI=1S/C20H19N5/c21-12-15-13-22-11-10-17(15)23-20-16-8-4-5-9-18(16)24-19(25-20)14-6-2-1-3-7-14/h1-6,8-9,13-15,17H,7,10-11H2,(H,23,24,25). The topological polar surface area (TPSA) is 74.0 Å². The molecular formula is C20H19N5. The lowest BCUT2D eigenvalue weighted by molar-refractivity contribution is 0.592. The lowest BCUT2D eigenvalue weighted by Crippen LogP contribution is -2.33. The van der Waals surface area contributed by atoms with Gasteiger partial charge >= 0.3 is 0 Å². The molecule has 5 heteroatoms. The van der Waals surface area contributed by atoms with Crippen LogP contribution in [0.1, 0.15) is 24.6 Å². The van der Waals surface area contributed by atoms with E-state index in [-0.39, 0.29) is 17.9 Å². The molecule has 0 spiro atoms. The summed E-state index contributed by atoms with van der Waals surface area (Å²) in [6.07, 6.45) is 11.9. The fourth-order valence-electron chi connectivity index (χ4n) is 3.29. The monoisotopic (exact) mass is 329 g/mol. The normalized spacial score (nSPS) is 25.0. The lowest BCUT2D eigenvalue weighted by Gasteiger charge is -2.25. The number of anilines is 1. The first-order valence-electron chi connectivity index (χ1n) is 8.61. The summed E-state index contributed by atoms with van der Waals surface area (Å²) in [7, 11) is 0. The third-order valence-electron chi connectivity index (χ3n) is 4.67. The van der Waals surface area contributed by atoms with Crippen molar-refractivity contribution in [2.45, 2.75) is 24.8 Å². The van der Waals surface area contributed by atoms with Crippen LogP contribution in [0.5, 0.6) is 0 Å². The Balaban J connectivity index is 1.73. The van der Waals surface area contributed by atoms with Gasteiger partial charge in [0.25, 0.3) is 0 Å². The highest BCUT2D eigenvalue weighted by Gasteiger charge is 2.24. The molecule has 0 radical (unpaired) electrons. The molecule has 0 amide bonds. The van der Waals surface area contributed by atoms with Gasteiger partial charge in [0.15, 0.2) is 0 Å². The average Bonchev–Trinajstić information content (AvgIpc) is 2.69. The quantitative estimate of drug-likeness (QED) is 0.933. The van der Waals surface area contributed by atoms with Gasteiger partial charge < -0.3 is 5.32 Å². The van der Waals surface area contributed by atoms with Crippen molar-refractivity contribution in [2.24, 2.45) is 10.9 Å². The van der Waals surface area contributed by atoms with Gasteiger partial charge in [0.2, 0.25) is 0 Å². The summed E-state index contributed by atoms with van der Waals surface area (Å²) >= 11 is 0. The van der Waals surface area contributed by atoms with Crippen molar-refractivity contribution >= 4 is 22.9 Å². The first-order chi connectivity index (χ1) is 12.3. The zero-order valence-electron chi connectivity index (χ0n) is 13.8. The van der Waals surface area contributed by atoms with Crippen molar-refractivity contribution in [3.05, 3.63) is 54.4 Å². The van der Waals surface area contributed by atoms with Gasteiger partial charge in [-0.2, -0.15) is 5.26 Å². The van der Waals surface area contributed by atoms with Crippen molar-refractivity contribution < 1.29 is 0 Å². The highest BCUT2D eigenvalue weighted by Crippen LogP contribution is 2.28. The predicted molar refractivity (Wildman–Crippen MR) is 99.7 cm³/mol. The third kappa shape index (κ3) is 3.16. The van der Waals surface area contributed by atoms with Gasteiger partial charge in [-0.05, 0) is 25.0 Å².